The number of ether oxygens (including phenoxy) is 2. The van der Waals surface area contributed by atoms with Crippen molar-refractivity contribution in [3.63, 3.8) is 0 Å². The first kappa shape index (κ1) is 20.9. The quantitative estimate of drug-likeness (QED) is 0.504. The fourth-order valence-corrected chi connectivity index (χ4v) is 2.00. The molecule has 0 radical (unpaired) electrons. The van der Waals surface area contributed by atoms with Gasteiger partial charge in [-0.15, -0.1) is 0 Å². The van der Waals surface area contributed by atoms with Crippen molar-refractivity contribution in [2.24, 2.45) is 0 Å². The summed E-state index contributed by atoms with van der Waals surface area (Å²) in [4.78, 5) is 32.6. The molecule has 0 aromatic rings. The van der Waals surface area contributed by atoms with E-state index >= 15 is 0 Å². The van der Waals surface area contributed by atoms with E-state index in [9.17, 15) is 19.0 Å². The molecule has 0 aliphatic carbocycles. The maximum atomic E-state index is 11.6. The van der Waals surface area contributed by atoms with E-state index in [2.05, 4.69) is 19.1 Å². The third-order valence-corrected chi connectivity index (χ3v) is 3.02. The molecule has 0 aromatic heterocycles. The Hall–Kier alpha value is -1.15. The van der Waals surface area contributed by atoms with Gasteiger partial charge in [-0.3, -0.25) is 9.05 Å². The third-order valence-electron chi connectivity index (χ3n) is 2.04. The van der Waals surface area contributed by atoms with Gasteiger partial charge in [-0.2, -0.15) is 0 Å². The van der Waals surface area contributed by atoms with E-state index < -0.39 is 38.1 Å². The molecule has 22 heavy (non-hydrogen) atoms. The zero-order valence-corrected chi connectivity index (χ0v) is 14.3. The number of alkyl carbamates (subject to hydrolysis) is 1. The molecule has 2 unspecified atom stereocenters. The van der Waals surface area contributed by atoms with E-state index in [1.54, 1.807) is 27.7 Å². The van der Waals surface area contributed by atoms with Crippen LogP contribution in [-0.4, -0.2) is 48.9 Å². The monoisotopic (exact) mass is 341 g/mol. The van der Waals surface area contributed by atoms with Crippen molar-refractivity contribution in [1.82, 2.24) is 5.32 Å². The van der Waals surface area contributed by atoms with Crippen molar-refractivity contribution in [2.75, 3.05) is 20.3 Å². The number of carbonyl (C=O) groups is 2. The number of amides is 1. The summed E-state index contributed by atoms with van der Waals surface area (Å²) in [7, 11) is -3.19. The SMILES string of the molecule is CCCOP(=O)(O)OCC(NC(=O)OC(C)(C)C)C(=O)OC. The highest BCUT2D eigenvalue weighted by Gasteiger charge is 2.29. The molecule has 0 spiro atoms. The van der Waals surface area contributed by atoms with Crippen molar-refractivity contribution in [2.45, 2.75) is 45.8 Å². The van der Waals surface area contributed by atoms with Crippen LogP contribution in [0.25, 0.3) is 0 Å². The second kappa shape index (κ2) is 9.09. The summed E-state index contributed by atoms with van der Waals surface area (Å²) in [5, 5.41) is 2.20. The Balaban J connectivity index is 4.63. The smallest absolute Gasteiger partial charge is 0.467 e. The van der Waals surface area contributed by atoms with Gasteiger partial charge in [-0.1, -0.05) is 6.92 Å². The minimum Gasteiger partial charge on any atom is -0.467 e. The number of phosphoric ester groups is 1. The lowest BCUT2D eigenvalue weighted by Gasteiger charge is -2.23. The molecule has 0 aromatic carbocycles. The van der Waals surface area contributed by atoms with Gasteiger partial charge in [0.05, 0.1) is 20.3 Å². The van der Waals surface area contributed by atoms with Crippen LogP contribution in [0, 0.1) is 0 Å². The van der Waals surface area contributed by atoms with Gasteiger partial charge in [-0.25, -0.2) is 14.2 Å². The van der Waals surface area contributed by atoms with Gasteiger partial charge in [0.1, 0.15) is 5.60 Å². The first-order chi connectivity index (χ1) is 10.0. The topological polar surface area (TPSA) is 120 Å². The molecule has 2 N–H and O–H groups in total. The third kappa shape index (κ3) is 9.73. The normalized spacial score (nSPS) is 15.5. The largest absolute Gasteiger partial charge is 0.472 e. The molecule has 0 bridgehead atoms. The zero-order chi connectivity index (χ0) is 17.4. The molecule has 0 aliphatic heterocycles. The number of methoxy groups -OCH3 is 1. The minimum atomic E-state index is -4.30. The fraction of sp³-hybridized carbons (Fsp3) is 0.833. The van der Waals surface area contributed by atoms with Crippen LogP contribution in [-0.2, 0) is 27.9 Å². The Kier molecular flexibility index (Phi) is 8.62. The van der Waals surface area contributed by atoms with Gasteiger partial charge in [-0.05, 0) is 27.2 Å². The lowest BCUT2D eigenvalue weighted by atomic mass is 10.2. The summed E-state index contributed by atoms with van der Waals surface area (Å²) in [6.45, 7) is 6.13. The molecule has 9 nitrogen and oxygen atoms in total. The first-order valence-corrected chi connectivity index (χ1v) is 8.19. The summed E-state index contributed by atoms with van der Waals surface area (Å²) in [5.41, 5.74) is -0.762. The molecule has 0 heterocycles. The predicted molar refractivity (Wildman–Crippen MR) is 77.2 cm³/mol. The zero-order valence-electron chi connectivity index (χ0n) is 13.5. The lowest BCUT2D eigenvalue weighted by molar-refractivity contribution is -0.144. The first-order valence-electron chi connectivity index (χ1n) is 6.70. The van der Waals surface area contributed by atoms with Gasteiger partial charge in [0.25, 0.3) is 0 Å². The van der Waals surface area contributed by atoms with E-state index in [1.807, 2.05) is 0 Å². The molecule has 1 amide bonds. The van der Waals surface area contributed by atoms with Crippen molar-refractivity contribution in [3.05, 3.63) is 0 Å². The number of hydrogen-bond acceptors (Lipinski definition) is 7. The van der Waals surface area contributed by atoms with Crippen LogP contribution in [0.4, 0.5) is 4.79 Å². The number of hydrogen-bond donors (Lipinski definition) is 2. The molecule has 0 fully saturated rings. The number of rotatable bonds is 8. The highest BCUT2D eigenvalue weighted by molar-refractivity contribution is 7.47. The molecule has 2 atom stereocenters. The van der Waals surface area contributed by atoms with E-state index in [4.69, 9.17) is 4.74 Å². The van der Waals surface area contributed by atoms with Crippen LogP contribution in [0.15, 0.2) is 0 Å². The van der Waals surface area contributed by atoms with Gasteiger partial charge < -0.3 is 19.7 Å². The molecule has 0 saturated heterocycles. The van der Waals surface area contributed by atoms with Crippen LogP contribution in [0.5, 0.6) is 0 Å². The van der Waals surface area contributed by atoms with Gasteiger partial charge >= 0.3 is 19.9 Å². The molecular formula is C12H24NO8P. The molecule has 0 aliphatic rings. The minimum absolute atomic E-state index is 0.0240. The van der Waals surface area contributed by atoms with Crippen molar-refractivity contribution >= 4 is 19.9 Å². The number of nitrogens with one attached hydrogen (secondary N) is 1. The number of carbonyl (C=O) groups excluding carboxylic acids is 2. The summed E-state index contributed by atoms with van der Waals surface area (Å²) in [6, 6.07) is -1.30. The Morgan fingerprint density at radius 3 is 2.32 bits per heavy atom. The predicted octanol–water partition coefficient (Wildman–Crippen LogP) is 1.60. The molecule has 0 rings (SSSR count). The van der Waals surface area contributed by atoms with E-state index in [-0.39, 0.29) is 6.61 Å². The second-order valence-corrected chi connectivity index (χ2v) is 6.77. The molecule has 10 heteroatoms. The van der Waals surface area contributed by atoms with Crippen LogP contribution < -0.4 is 5.32 Å². The maximum Gasteiger partial charge on any atom is 0.472 e. The van der Waals surface area contributed by atoms with Crippen LogP contribution in [0.2, 0.25) is 0 Å². The van der Waals surface area contributed by atoms with Crippen molar-refractivity contribution in [1.29, 1.82) is 0 Å². The highest BCUT2D eigenvalue weighted by Crippen LogP contribution is 2.43. The summed E-state index contributed by atoms with van der Waals surface area (Å²) in [5.74, 6) is -0.846. The lowest BCUT2D eigenvalue weighted by Crippen LogP contribution is -2.46. The Bertz CT molecular complexity index is 420. The summed E-state index contributed by atoms with van der Waals surface area (Å²) in [6.07, 6.45) is -0.362. The molecular weight excluding hydrogens is 317 g/mol. The fourth-order valence-electron chi connectivity index (χ4n) is 1.17. The average molecular weight is 341 g/mol. The highest BCUT2D eigenvalue weighted by atomic mass is 31.2. The Morgan fingerprint density at radius 1 is 1.27 bits per heavy atom. The summed E-state index contributed by atoms with van der Waals surface area (Å²) < 4.78 is 30.3. The van der Waals surface area contributed by atoms with Crippen LogP contribution in [0.1, 0.15) is 34.1 Å². The second-order valence-electron chi connectivity index (χ2n) is 5.32. The Morgan fingerprint density at radius 2 is 1.86 bits per heavy atom. The standard InChI is InChI=1S/C12H24NO8P/c1-6-7-19-22(16,17)20-8-9(10(14)18-5)13-11(15)21-12(2,3)4/h9H,6-8H2,1-5H3,(H,13,15)(H,16,17). The van der Waals surface area contributed by atoms with E-state index in [1.165, 1.54) is 0 Å². The average Bonchev–Trinajstić information content (AvgIpc) is 2.38. The van der Waals surface area contributed by atoms with E-state index in [0.29, 0.717) is 6.42 Å². The number of esters is 1. The van der Waals surface area contributed by atoms with Gasteiger partial charge in [0.2, 0.25) is 0 Å². The van der Waals surface area contributed by atoms with Crippen molar-refractivity contribution in [3.8, 4) is 0 Å². The van der Waals surface area contributed by atoms with E-state index in [0.717, 1.165) is 7.11 Å². The van der Waals surface area contributed by atoms with Crippen LogP contribution >= 0.6 is 7.82 Å². The summed E-state index contributed by atoms with van der Waals surface area (Å²) >= 11 is 0. The molecule has 0 saturated carbocycles. The maximum absolute atomic E-state index is 11.6. The molecule has 130 valence electrons. The van der Waals surface area contributed by atoms with Gasteiger partial charge in [0.15, 0.2) is 6.04 Å². The van der Waals surface area contributed by atoms with Crippen molar-refractivity contribution < 1.29 is 37.6 Å². The van der Waals surface area contributed by atoms with Crippen LogP contribution in [0.3, 0.4) is 0 Å². The van der Waals surface area contributed by atoms with Gasteiger partial charge in [0, 0.05) is 0 Å². The Labute approximate surface area is 129 Å². The number of phosphoric acid groups is 1.